The van der Waals surface area contributed by atoms with E-state index in [1.165, 1.54) is 12.1 Å². The fourth-order valence-electron chi connectivity index (χ4n) is 4.13. The molecule has 2 heterocycles. The van der Waals surface area contributed by atoms with Crippen LogP contribution in [0.5, 0.6) is 5.75 Å². The minimum Gasteiger partial charge on any atom is -0.480 e. The van der Waals surface area contributed by atoms with Crippen molar-refractivity contribution in [2.45, 2.75) is 38.3 Å². The second-order valence-corrected chi connectivity index (χ2v) is 7.76. The summed E-state index contributed by atoms with van der Waals surface area (Å²) in [6.07, 6.45) is 1.42. The summed E-state index contributed by atoms with van der Waals surface area (Å²) in [6.45, 7) is 2.92. The van der Waals surface area contributed by atoms with E-state index in [1.807, 2.05) is 31.2 Å². The largest absolute Gasteiger partial charge is 0.480 e. The molecule has 2 aromatic rings. The van der Waals surface area contributed by atoms with Crippen LogP contribution in [-0.4, -0.2) is 53.9 Å². The Hall–Kier alpha value is -2.89. The lowest BCUT2D eigenvalue weighted by atomic mass is 10.1. The van der Waals surface area contributed by atoms with Crippen LogP contribution in [0.3, 0.4) is 0 Å². The average molecular weight is 396 g/mol. The minimum atomic E-state index is -0.516. The number of benzene rings is 2. The number of fused-ring (bicyclic) bond motifs is 1. The highest BCUT2D eigenvalue weighted by molar-refractivity contribution is 5.94. The van der Waals surface area contributed by atoms with Gasteiger partial charge in [-0.25, -0.2) is 4.39 Å². The third-order valence-corrected chi connectivity index (χ3v) is 5.88. The van der Waals surface area contributed by atoms with E-state index in [0.717, 1.165) is 16.9 Å². The number of carbonyl (C=O) groups is 2. The van der Waals surface area contributed by atoms with Gasteiger partial charge in [0.05, 0.1) is 6.04 Å². The second kappa shape index (κ2) is 7.85. The van der Waals surface area contributed by atoms with Crippen molar-refractivity contribution in [3.63, 3.8) is 0 Å². The number of hydrogen-bond donors (Lipinski definition) is 0. The Labute approximate surface area is 170 Å². The third-order valence-electron chi connectivity index (χ3n) is 5.88. The van der Waals surface area contributed by atoms with Crippen molar-refractivity contribution < 1.29 is 18.7 Å². The fraction of sp³-hybridized carbons (Fsp3) is 0.391. The van der Waals surface area contributed by atoms with Crippen molar-refractivity contribution in [3.05, 3.63) is 65.0 Å². The molecule has 2 aliphatic heterocycles. The van der Waals surface area contributed by atoms with E-state index in [-0.39, 0.29) is 17.9 Å². The van der Waals surface area contributed by atoms with E-state index in [2.05, 4.69) is 0 Å². The van der Waals surface area contributed by atoms with Crippen LogP contribution < -0.4 is 4.74 Å². The Morgan fingerprint density at radius 3 is 2.79 bits per heavy atom. The van der Waals surface area contributed by atoms with Crippen molar-refractivity contribution in [2.75, 3.05) is 20.1 Å². The molecule has 6 heteroatoms. The van der Waals surface area contributed by atoms with Crippen LogP contribution in [0.15, 0.2) is 42.5 Å². The molecule has 0 aromatic heterocycles. The number of amides is 2. The Balaban J connectivity index is 1.40. The summed E-state index contributed by atoms with van der Waals surface area (Å²) in [6, 6.07) is 12.1. The Morgan fingerprint density at radius 2 is 2.03 bits per heavy atom. The molecule has 0 bridgehead atoms. The molecule has 0 spiro atoms. The highest BCUT2D eigenvalue weighted by atomic mass is 19.1. The van der Waals surface area contributed by atoms with Gasteiger partial charge in [-0.1, -0.05) is 25.1 Å². The first-order valence-electron chi connectivity index (χ1n) is 10.1. The number of likely N-dealkylation sites (N-methyl/N-ethyl adjacent to an activating group) is 1. The molecule has 4 rings (SSSR count). The molecule has 2 unspecified atom stereocenters. The van der Waals surface area contributed by atoms with E-state index < -0.39 is 11.9 Å². The maximum absolute atomic E-state index is 13.8. The summed E-state index contributed by atoms with van der Waals surface area (Å²) in [5.74, 6) is 0.112. The molecular formula is C23H25FN2O3. The minimum absolute atomic E-state index is 0.0699. The molecule has 2 atom stereocenters. The lowest BCUT2D eigenvalue weighted by Gasteiger charge is -2.27. The van der Waals surface area contributed by atoms with E-state index in [9.17, 15) is 14.0 Å². The normalized spacial score (nSPS) is 20.3. The highest BCUT2D eigenvalue weighted by Crippen LogP contribution is 2.29. The lowest BCUT2D eigenvalue weighted by molar-refractivity contribution is -0.138. The van der Waals surface area contributed by atoms with Gasteiger partial charge in [-0.05, 0) is 48.2 Å². The van der Waals surface area contributed by atoms with Crippen LogP contribution in [0.2, 0.25) is 0 Å². The third kappa shape index (κ3) is 3.84. The number of aryl methyl sites for hydroxylation is 1. The molecule has 2 aromatic carbocycles. The zero-order valence-electron chi connectivity index (χ0n) is 16.7. The Bertz CT molecular complexity index is 920. The first kappa shape index (κ1) is 19.4. The van der Waals surface area contributed by atoms with Crippen molar-refractivity contribution in [1.82, 2.24) is 9.80 Å². The number of likely N-dealkylation sites (tertiary alicyclic amines) is 1. The van der Waals surface area contributed by atoms with Crippen LogP contribution in [0.4, 0.5) is 4.39 Å². The molecule has 152 valence electrons. The Kier molecular flexibility index (Phi) is 5.26. The first-order valence-corrected chi connectivity index (χ1v) is 10.1. The van der Waals surface area contributed by atoms with Gasteiger partial charge in [0.1, 0.15) is 11.6 Å². The molecule has 29 heavy (non-hydrogen) atoms. The molecule has 0 saturated carbocycles. The monoisotopic (exact) mass is 396 g/mol. The molecular weight excluding hydrogens is 371 g/mol. The van der Waals surface area contributed by atoms with Crippen molar-refractivity contribution in [3.8, 4) is 5.75 Å². The number of nitrogens with zero attached hydrogens (tertiary/aromatic N) is 2. The fourth-order valence-corrected chi connectivity index (χ4v) is 4.13. The van der Waals surface area contributed by atoms with Crippen LogP contribution in [-0.2, 0) is 17.6 Å². The molecule has 2 aliphatic rings. The molecule has 1 fully saturated rings. The number of ether oxygens (including phenoxy) is 1. The van der Waals surface area contributed by atoms with Gasteiger partial charge in [-0.2, -0.15) is 0 Å². The molecule has 0 N–H and O–H groups in total. The van der Waals surface area contributed by atoms with E-state index >= 15 is 0 Å². The van der Waals surface area contributed by atoms with Crippen LogP contribution in [0.1, 0.15) is 34.8 Å². The van der Waals surface area contributed by atoms with Gasteiger partial charge in [0.25, 0.3) is 11.8 Å². The Morgan fingerprint density at radius 1 is 1.24 bits per heavy atom. The summed E-state index contributed by atoms with van der Waals surface area (Å²) >= 11 is 0. The lowest BCUT2D eigenvalue weighted by Crippen LogP contribution is -2.46. The van der Waals surface area contributed by atoms with Crippen molar-refractivity contribution in [2.24, 2.45) is 0 Å². The van der Waals surface area contributed by atoms with E-state index in [4.69, 9.17) is 4.74 Å². The predicted molar refractivity (Wildman–Crippen MR) is 107 cm³/mol. The summed E-state index contributed by atoms with van der Waals surface area (Å²) in [4.78, 5) is 29.2. The first-order chi connectivity index (χ1) is 14.0. The maximum Gasteiger partial charge on any atom is 0.264 e. The van der Waals surface area contributed by atoms with Gasteiger partial charge in [0.2, 0.25) is 0 Å². The predicted octanol–water partition coefficient (Wildman–Crippen LogP) is 3.06. The standard InChI is InChI=1S/C23H25FN2O3/c1-3-15-10-17(12-18(24)11-15)22(27)26-9-8-19(14-26)25(2)23(28)21-13-16-6-4-5-7-20(16)29-21/h4-7,10-12,19,21H,3,8-9,13-14H2,1-2H3. The molecule has 2 amide bonds. The SMILES string of the molecule is CCc1cc(F)cc(C(=O)N2CCC(N(C)C(=O)C3Cc4ccccc4O3)C2)c1. The van der Waals surface area contributed by atoms with Gasteiger partial charge < -0.3 is 14.5 Å². The molecule has 0 radical (unpaired) electrons. The van der Waals surface area contributed by atoms with Gasteiger partial charge in [-0.3, -0.25) is 9.59 Å². The van der Waals surface area contributed by atoms with Gasteiger partial charge in [0.15, 0.2) is 6.10 Å². The summed E-state index contributed by atoms with van der Waals surface area (Å²) in [5.41, 5.74) is 2.21. The number of carbonyl (C=O) groups excluding carboxylic acids is 2. The zero-order valence-corrected chi connectivity index (χ0v) is 16.7. The van der Waals surface area contributed by atoms with E-state index in [0.29, 0.717) is 37.9 Å². The number of hydrogen-bond acceptors (Lipinski definition) is 3. The molecule has 1 saturated heterocycles. The highest BCUT2D eigenvalue weighted by Gasteiger charge is 2.37. The summed E-state index contributed by atoms with van der Waals surface area (Å²) in [5, 5.41) is 0. The zero-order chi connectivity index (χ0) is 20.5. The van der Waals surface area contributed by atoms with Crippen LogP contribution >= 0.6 is 0 Å². The molecule has 5 nitrogen and oxygen atoms in total. The topological polar surface area (TPSA) is 49.9 Å². The van der Waals surface area contributed by atoms with Gasteiger partial charge in [-0.15, -0.1) is 0 Å². The van der Waals surface area contributed by atoms with Crippen LogP contribution in [0, 0.1) is 5.82 Å². The van der Waals surface area contributed by atoms with Crippen LogP contribution in [0.25, 0.3) is 0 Å². The number of halogens is 1. The van der Waals surface area contributed by atoms with Crippen molar-refractivity contribution in [1.29, 1.82) is 0 Å². The smallest absolute Gasteiger partial charge is 0.264 e. The number of para-hydroxylation sites is 1. The molecule has 0 aliphatic carbocycles. The van der Waals surface area contributed by atoms with E-state index in [1.54, 1.807) is 22.9 Å². The van der Waals surface area contributed by atoms with Gasteiger partial charge in [0, 0.05) is 32.1 Å². The van der Waals surface area contributed by atoms with Gasteiger partial charge >= 0.3 is 0 Å². The number of rotatable bonds is 4. The maximum atomic E-state index is 13.8. The summed E-state index contributed by atoms with van der Waals surface area (Å²) in [7, 11) is 1.77. The average Bonchev–Trinajstić information content (AvgIpc) is 3.38. The second-order valence-electron chi connectivity index (χ2n) is 7.76. The quantitative estimate of drug-likeness (QED) is 0.798. The van der Waals surface area contributed by atoms with Crippen molar-refractivity contribution >= 4 is 11.8 Å². The summed E-state index contributed by atoms with van der Waals surface area (Å²) < 4.78 is 19.6.